The van der Waals surface area contributed by atoms with Gasteiger partial charge in [0.2, 0.25) is 15.8 Å². The van der Waals surface area contributed by atoms with Crippen molar-refractivity contribution in [3.05, 3.63) is 59.9 Å². The zero-order chi connectivity index (χ0) is 21.1. The quantitative estimate of drug-likeness (QED) is 0.672. The van der Waals surface area contributed by atoms with E-state index in [1.165, 1.54) is 16.4 Å². The molecule has 4 rings (SSSR count). The van der Waals surface area contributed by atoms with E-state index in [0.717, 1.165) is 12.1 Å². The summed E-state index contributed by atoms with van der Waals surface area (Å²) < 4.78 is 40.2. The molecule has 0 bridgehead atoms. The first-order valence-electron chi connectivity index (χ1n) is 9.34. The van der Waals surface area contributed by atoms with Crippen LogP contribution in [0, 0.1) is 5.82 Å². The first-order chi connectivity index (χ1) is 14.4. The molecule has 2 aromatic carbocycles. The van der Waals surface area contributed by atoms with Crippen LogP contribution in [0.1, 0.15) is 16.8 Å². The Morgan fingerprint density at radius 2 is 1.83 bits per heavy atom. The molecule has 0 unspecified atom stereocenters. The zero-order valence-electron chi connectivity index (χ0n) is 15.9. The van der Waals surface area contributed by atoms with Crippen LogP contribution < -0.4 is 0 Å². The molecule has 2 heterocycles. The Kier molecular flexibility index (Phi) is 5.55. The number of sulfonamides is 1. The monoisotopic (exact) mass is 430 g/mol. The number of nitrogens with one attached hydrogen (secondary N) is 1. The van der Waals surface area contributed by atoms with Crippen LogP contribution in [0.25, 0.3) is 11.4 Å². The maximum atomic E-state index is 13.1. The van der Waals surface area contributed by atoms with Crippen LogP contribution in [0.15, 0.2) is 53.4 Å². The molecule has 1 amide bonds. The minimum Gasteiger partial charge on any atom is -0.337 e. The summed E-state index contributed by atoms with van der Waals surface area (Å²) in [6.07, 6.45) is 0.497. The van der Waals surface area contributed by atoms with E-state index in [1.54, 1.807) is 29.2 Å². The Morgan fingerprint density at radius 3 is 2.57 bits per heavy atom. The van der Waals surface area contributed by atoms with Crippen LogP contribution in [-0.4, -0.2) is 70.3 Å². The fourth-order valence-electron chi connectivity index (χ4n) is 3.35. The summed E-state index contributed by atoms with van der Waals surface area (Å²) in [7, 11) is -3.75. The van der Waals surface area contributed by atoms with Crippen molar-refractivity contribution in [2.45, 2.75) is 11.3 Å². The molecule has 1 aliphatic heterocycles. The maximum Gasteiger partial charge on any atom is 0.253 e. The second-order valence-corrected chi connectivity index (χ2v) is 8.76. The van der Waals surface area contributed by atoms with E-state index in [1.807, 2.05) is 0 Å². The number of H-pyrrole nitrogens is 1. The Morgan fingerprint density at radius 1 is 1.03 bits per heavy atom. The van der Waals surface area contributed by atoms with Crippen LogP contribution in [0.2, 0.25) is 0 Å². The summed E-state index contributed by atoms with van der Waals surface area (Å²) in [4.78, 5) is 14.7. The van der Waals surface area contributed by atoms with Gasteiger partial charge in [-0.3, -0.25) is 4.79 Å². The Hall–Kier alpha value is -3.18. The van der Waals surface area contributed by atoms with E-state index >= 15 is 0 Å². The van der Waals surface area contributed by atoms with E-state index in [2.05, 4.69) is 20.6 Å². The number of carbonyl (C=O) groups excluding carboxylic acids is 1. The normalized spacial score (nSPS) is 15.7. The van der Waals surface area contributed by atoms with Crippen molar-refractivity contribution in [1.29, 1.82) is 0 Å². The number of hydrogen-bond donors (Lipinski definition) is 1. The number of tetrazole rings is 1. The predicted octanol–water partition coefficient (Wildman–Crippen LogP) is 1.54. The highest BCUT2D eigenvalue weighted by atomic mass is 32.2. The van der Waals surface area contributed by atoms with Crippen molar-refractivity contribution in [2.75, 3.05) is 26.2 Å². The number of carbonyl (C=O) groups is 1. The molecular formula is C19H19FN6O3S. The van der Waals surface area contributed by atoms with Crippen molar-refractivity contribution in [3.8, 4) is 11.4 Å². The molecule has 1 N–H and O–H groups in total. The Bertz CT molecular complexity index is 1140. The third-order valence-electron chi connectivity index (χ3n) is 4.91. The molecule has 3 aromatic rings. The van der Waals surface area contributed by atoms with E-state index in [-0.39, 0.29) is 30.4 Å². The number of amides is 1. The van der Waals surface area contributed by atoms with Crippen molar-refractivity contribution >= 4 is 15.9 Å². The van der Waals surface area contributed by atoms with Crippen molar-refractivity contribution in [3.63, 3.8) is 0 Å². The molecule has 1 aromatic heterocycles. The lowest BCUT2D eigenvalue weighted by atomic mass is 10.1. The van der Waals surface area contributed by atoms with Gasteiger partial charge in [-0.25, -0.2) is 12.8 Å². The second-order valence-electron chi connectivity index (χ2n) is 6.82. The van der Waals surface area contributed by atoms with Gasteiger partial charge < -0.3 is 4.90 Å². The topological polar surface area (TPSA) is 112 Å². The summed E-state index contributed by atoms with van der Waals surface area (Å²) >= 11 is 0. The SMILES string of the molecule is O=C(c1cccc(-c2nn[nH]n2)c1)N1CCCN(S(=O)(=O)c2ccc(F)cc2)CC1. The molecule has 1 aliphatic rings. The number of hydrogen-bond acceptors (Lipinski definition) is 6. The maximum absolute atomic E-state index is 13.1. The summed E-state index contributed by atoms with van der Waals surface area (Å²) in [5, 5.41) is 13.7. The summed E-state index contributed by atoms with van der Waals surface area (Å²) in [6.45, 7) is 1.13. The fraction of sp³-hybridized carbons (Fsp3) is 0.263. The molecule has 0 atom stereocenters. The average Bonchev–Trinajstić information content (AvgIpc) is 3.18. The fourth-order valence-corrected chi connectivity index (χ4v) is 4.82. The van der Waals surface area contributed by atoms with Crippen LogP contribution in [0.3, 0.4) is 0 Å². The molecule has 9 nitrogen and oxygen atoms in total. The highest BCUT2D eigenvalue weighted by Gasteiger charge is 2.28. The van der Waals surface area contributed by atoms with E-state index in [9.17, 15) is 17.6 Å². The van der Waals surface area contributed by atoms with Crippen molar-refractivity contribution < 1.29 is 17.6 Å². The molecule has 11 heteroatoms. The van der Waals surface area contributed by atoms with Gasteiger partial charge in [0.05, 0.1) is 4.90 Å². The highest BCUT2D eigenvalue weighted by Crippen LogP contribution is 2.20. The first kappa shape index (κ1) is 20.1. The van der Waals surface area contributed by atoms with Crippen LogP contribution in [-0.2, 0) is 10.0 Å². The van der Waals surface area contributed by atoms with Gasteiger partial charge >= 0.3 is 0 Å². The van der Waals surface area contributed by atoms with E-state index in [4.69, 9.17) is 0 Å². The van der Waals surface area contributed by atoms with Gasteiger partial charge in [0, 0.05) is 37.3 Å². The van der Waals surface area contributed by atoms with Gasteiger partial charge in [0.15, 0.2) is 0 Å². The van der Waals surface area contributed by atoms with Gasteiger partial charge in [-0.2, -0.15) is 9.52 Å². The number of aromatic nitrogens is 4. The van der Waals surface area contributed by atoms with E-state index in [0.29, 0.717) is 29.9 Å². The molecule has 1 saturated heterocycles. The molecule has 156 valence electrons. The van der Waals surface area contributed by atoms with Crippen LogP contribution in [0.4, 0.5) is 4.39 Å². The van der Waals surface area contributed by atoms with Gasteiger partial charge in [-0.05, 0) is 48.0 Å². The summed E-state index contributed by atoms with van der Waals surface area (Å²) in [5.41, 5.74) is 1.12. The molecule has 0 spiro atoms. The molecule has 0 aliphatic carbocycles. The van der Waals surface area contributed by atoms with Crippen LogP contribution >= 0.6 is 0 Å². The third kappa shape index (κ3) is 4.07. The standard InChI is InChI=1S/C19H19FN6O3S/c20-16-5-7-17(8-6-16)30(28,29)26-10-2-9-25(11-12-26)19(27)15-4-1-3-14(13-15)18-21-23-24-22-18/h1,3-8,13H,2,9-12H2,(H,21,22,23,24). The van der Waals surface area contributed by atoms with Gasteiger partial charge in [-0.15, -0.1) is 10.2 Å². The second kappa shape index (κ2) is 8.28. The first-order valence-corrected chi connectivity index (χ1v) is 10.8. The Labute approximate surface area is 172 Å². The van der Waals surface area contributed by atoms with E-state index < -0.39 is 15.8 Å². The number of benzene rings is 2. The number of aromatic amines is 1. The molecular weight excluding hydrogens is 411 g/mol. The number of rotatable bonds is 4. The van der Waals surface area contributed by atoms with Gasteiger partial charge in [-0.1, -0.05) is 12.1 Å². The summed E-state index contributed by atoms with van der Waals surface area (Å²) in [5.74, 6) is -0.303. The summed E-state index contributed by atoms with van der Waals surface area (Å²) in [6, 6.07) is 11.6. The Balaban J connectivity index is 1.48. The van der Waals surface area contributed by atoms with Crippen LogP contribution in [0.5, 0.6) is 0 Å². The lowest BCUT2D eigenvalue weighted by molar-refractivity contribution is 0.0764. The van der Waals surface area contributed by atoms with Crippen molar-refractivity contribution in [1.82, 2.24) is 29.8 Å². The molecule has 0 saturated carbocycles. The molecule has 1 fully saturated rings. The predicted molar refractivity (Wildman–Crippen MR) is 105 cm³/mol. The lowest BCUT2D eigenvalue weighted by Crippen LogP contribution is -2.37. The zero-order valence-corrected chi connectivity index (χ0v) is 16.7. The smallest absolute Gasteiger partial charge is 0.253 e. The van der Waals surface area contributed by atoms with Gasteiger partial charge in [0.25, 0.3) is 5.91 Å². The number of nitrogens with zero attached hydrogens (tertiary/aromatic N) is 5. The van der Waals surface area contributed by atoms with Gasteiger partial charge in [0.1, 0.15) is 5.82 Å². The highest BCUT2D eigenvalue weighted by molar-refractivity contribution is 7.89. The average molecular weight is 430 g/mol. The largest absolute Gasteiger partial charge is 0.337 e. The minimum atomic E-state index is -3.75. The number of halogens is 1. The van der Waals surface area contributed by atoms with Crippen molar-refractivity contribution in [2.24, 2.45) is 0 Å². The molecule has 0 radical (unpaired) electrons. The lowest BCUT2D eigenvalue weighted by Gasteiger charge is -2.22. The minimum absolute atomic E-state index is 0.0384. The third-order valence-corrected chi connectivity index (χ3v) is 6.82. The molecule has 30 heavy (non-hydrogen) atoms.